The van der Waals surface area contributed by atoms with Gasteiger partial charge in [-0.3, -0.25) is 4.79 Å². The van der Waals surface area contributed by atoms with Crippen molar-refractivity contribution in [1.82, 2.24) is 9.62 Å². The lowest BCUT2D eigenvalue weighted by molar-refractivity contribution is 0.0953. The van der Waals surface area contributed by atoms with Gasteiger partial charge in [-0.2, -0.15) is 4.31 Å². The van der Waals surface area contributed by atoms with Gasteiger partial charge in [0.1, 0.15) is 0 Å². The molecule has 1 fully saturated rings. The first-order chi connectivity index (χ1) is 14.5. The summed E-state index contributed by atoms with van der Waals surface area (Å²) in [5.41, 5.74) is 3.17. The minimum absolute atomic E-state index is 0.171. The highest BCUT2D eigenvalue weighted by Gasteiger charge is 2.27. The first-order valence-corrected chi connectivity index (χ1v) is 12.1. The number of para-hydroxylation sites is 1. The monoisotopic (exact) mass is 427 g/mol. The third-order valence-electron chi connectivity index (χ3n) is 6.03. The fourth-order valence-corrected chi connectivity index (χ4v) is 5.90. The standard InChI is InChI=1S/C23H29N3O3S/c1-18-17-20-7-2-3-8-22(20)26(18)16-6-13-24-23(27)19-9-11-21(12-10-19)30(28,29)25-14-4-5-15-25/h2-3,7-12,18H,4-6,13-17H2,1H3,(H,24,27). The highest BCUT2D eigenvalue weighted by molar-refractivity contribution is 7.89. The molecule has 0 bridgehead atoms. The van der Waals surface area contributed by atoms with E-state index >= 15 is 0 Å². The van der Waals surface area contributed by atoms with Crippen LogP contribution in [-0.2, 0) is 16.4 Å². The van der Waals surface area contributed by atoms with E-state index in [9.17, 15) is 13.2 Å². The lowest BCUT2D eigenvalue weighted by Gasteiger charge is -2.25. The van der Waals surface area contributed by atoms with Gasteiger partial charge in [-0.1, -0.05) is 18.2 Å². The molecule has 0 radical (unpaired) electrons. The van der Waals surface area contributed by atoms with Gasteiger partial charge >= 0.3 is 0 Å². The molecule has 30 heavy (non-hydrogen) atoms. The summed E-state index contributed by atoms with van der Waals surface area (Å²) in [6.45, 7) is 4.86. The van der Waals surface area contributed by atoms with Crippen molar-refractivity contribution >= 4 is 21.6 Å². The second-order valence-electron chi connectivity index (χ2n) is 8.12. The molecular weight excluding hydrogens is 398 g/mol. The molecule has 0 aromatic heterocycles. The van der Waals surface area contributed by atoms with Crippen LogP contribution in [0.4, 0.5) is 5.69 Å². The van der Waals surface area contributed by atoms with Crippen LogP contribution in [0.3, 0.4) is 0 Å². The van der Waals surface area contributed by atoms with Gasteiger partial charge in [0.05, 0.1) is 4.90 Å². The zero-order valence-electron chi connectivity index (χ0n) is 17.4. The average Bonchev–Trinajstić information content (AvgIpc) is 3.40. The van der Waals surface area contributed by atoms with Crippen LogP contribution in [0.15, 0.2) is 53.4 Å². The third kappa shape index (κ3) is 4.23. The van der Waals surface area contributed by atoms with E-state index in [0.29, 0.717) is 31.2 Å². The predicted octanol–water partition coefficient (Wildman–Crippen LogP) is 3.04. The Morgan fingerprint density at radius 3 is 2.50 bits per heavy atom. The van der Waals surface area contributed by atoms with Gasteiger partial charge in [0.2, 0.25) is 10.0 Å². The Balaban J connectivity index is 1.28. The molecule has 6 nitrogen and oxygen atoms in total. The van der Waals surface area contributed by atoms with Crippen LogP contribution in [0.5, 0.6) is 0 Å². The number of hydrogen-bond donors (Lipinski definition) is 1. The van der Waals surface area contributed by atoms with Crippen molar-refractivity contribution in [2.24, 2.45) is 0 Å². The van der Waals surface area contributed by atoms with Gasteiger partial charge in [0.15, 0.2) is 0 Å². The number of rotatable bonds is 7. The molecule has 1 atom stereocenters. The number of carbonyl (C=O) groups excluding carboxylic acids is 1. The zero-order chi connectivity index (χ0) is 21.1. The summed E-state index contributed by atoms with van der Waals surface area (Å²) in [6.07, 6.45) is 3.73. The van der Waals surface area contributed by atoms with Crippen molar-refractivity contribution in [2.75, 3.05) is 31.1 Å². The number of sulfonamides is 1. The third-order valence-corrected chi connectivity index (χ3v) is 7.94. The maximum Gasteiger partial charge on any atom is 0.251 e. The first-order valence-electron chi connectivity index (χ1n) is 10.7. The molecule has 1 N–H and O–H groups in total. The van der Waals surface area contributed by atoms with Gasteiger partial charge in [-0.05, 0) is 68.5 Å². The summed E-state index contributed by atoms with van der Waals surface area (Å²) >= 11 is 0. The SMILES string of the molecule is CC1Cc2ccccc2N1CCCNC(=O)c1ccc(S(=O)(=O)N2CCCC2)cc1. The predicted molar refractivity (Wildman–Crippen MR) is 118 cm³/mol. The van der Waals surface area contributed by atoms with E-state index < -0.39 is 10.0 Å². The summed E-state index contributed by atoms with van der Waals surface area (Å²) in [6, 6.07) is 15.2. The van der Waals surface area contributed by atoms with E-state index in [-0.39, 0.29) is 10.8 Å². The Bertz CT molecular complexity index is 999. The fraction of sp³-hybridized carbons (Fsp3) is 0.435. The lowest BCUT2D eigenvalue weighted by atomic mass is 10.1. The Hall–Kier alpha value is -2.38. The zero-order valence-corrected chi connectivity index (χ0v) is 18.2. The second-order valence-corrected chi connectivity index (χ2v) is 10.1. The number of anilines is 1. The van der Waals surface area contributed by atoms with Crippen LogP contribution in [0.2, 0.25) is 0 Å². The van der Waals surface area contributed by atoms with Crippen molar-refractivity contribution in [2.45, 2.75) is 43.5 Å². The minimum atomic E-state index is -3.45. The normalized spacial score (nSPS) is 19.1. The molecule has 0 aliphatic carbocycles. The number of nitrogens with one attached hydrogen (secondary N) is 1. The van der Waals surface area contributed by atoms with Gasteiger partial charge in [-0.25, -0.2) is 8.42 Å². The van der Waals surface area contributed by atoms with Gasteiger partial charge in [0, 0.05) is 43.5 Å². The van der Waals surface area contributed by atoms with E-state index in [1.165, 1.54) is 27.7 Å². The minimum Gasteiger partial charge on any atom is -0.368 e. The van der Waals surface area contributed by atoms with Crippen LogP contribution in [-0.4, -0.2) is 50.9 Å². The van der Waals surface area contributed by atoms with Crippen molar-refractivity contribution in [3.63, 3.8) is 0 Å². The molecule has 2 heterocycles. The topological polar surface area (TPSA) is 69.7 Å². The van der Waals surface area contributed by atoms with Crippen LogP contribution in [0, 0.1) is 0 Å². The van der Waals surface area contributed by atoms with Crippen molar-refractivity contribution in [1.29, 1.82) is 0 Å². The quantitative estimate of drug-likeness (QED) is 0.690. The summed E-state index contributed by atoms with van der Waals surface area (Å²) < 4.78 is 26.7. The molecule has 160 valence electrons. The largest absolute Gasteiger partial charge is 0.368 e. The van der Waals surface area contributed by atoms with Crippen molar-refractivity contribution in [3.8, 4) is 0 Å². The summed E-state index contributed by atoms with van der Waals surface area (Å²) in [5, 5.41) is 2.95. The van der Waals surface area contributed by atoms with Gasteiger partial charge in [-0.15, -0.1) is 0 Å². The molecule has 1 amide bonds. The molecule has 2 aromatic carbocycles. The number of nitrogens with zero attached hydrogens (tertiary/aromatic N) is 2. The van der Waals surface area contributed by atoms with Crippen LogP contribution < -0.4 is 10.2 Å². The van der Waals surface area contributed by atoms with E-state index in [2.05, 4.69) is 41.4 Å². The number of amides is 1. The number of carbonyl (C=O) groups is 1. The second kappa shape index (κ2) is 8.78. The highest BCUT2D eigenvalue weighted by Crippen LogP contribution is 2.31. The van der Waals surface area contributed by atoms with Crippen LogP contribution in [0.1, 0.15) is 42.1 Å². The number of fused-ring (bicyclic) bond motifs is 1. The molecule has 0 spiro atoms. The highest BCUT2D eigenvalue weighted by atomic mass is 32.2. The first kappa shape index (κ1) is 20.9. The summed E-state index contributed by atoms with van der Waals surface area (Å²) in [5.74, 6) is -0.171. The van der Waals surface area contributed by atoms with Gasteiger partial charge in [0.25, 0.3) is 5.91 Å². The van der Waals surface area contributed by atoms with Crippen LogP contribution >= 0.6 is 0 Å². The molecule has 1 unspecified atom stereocenters. The van der Waals surface area contributed by atoms with E-state index in [1.807, 2.05) is 0 Å². The fourth-order valence-electron chi connectivity index (χ4n) is 4.38. The maximum absolute atomic E-state index is 12.6. The Labute approximate surface area is 178 Å². The Morgan fingerprint density at radius 2 is 1.77 bits per heavy atom. The molecule has 7 heteroatoms. The molecule has 0 saturated carbocycles. The molecule has 2 aliphatic heterocycles. The Kier molecular flexibility index (Phi) is 6.11. The molecule has 4 rings (SSSR count). The molecule has 2 aromatic rings. The van der Waals surface area contributed by atoms with E-state index in [4.69, 9.17) is 0 Å². The molecule has 1 saturated heterocycles. The van der Waals surface area contributed by atoms with Crippen LogP contribution in [0.25, 0.3) is 0 Å². The molecular formula is C23H29N3O3S. The number of hydrogen-bond acceptors (Lipinski definition) is 4. The Morgan fingerprint density at radius 1 is 1.07 bits per heavy atom. The maximum atomic E-state index is 12.6. The van der Waals surface area contributed by atoms with E-state index in [1.54, 1.807) is 12.1 Å². The smallest absolute Gasteiger partial charge is 0.251 e. The number of benzene rings is 2. The van der Waals surface area contributed by atoms with Crippen molar-refractivity contribution < 1.29 is 13.2 Å². The lowest BCUT2D eigenvalue weighted by Crippen LogP contribution is -2.33. The molecule has 2 aliphatic rings. The average molecular weight is 428 g/mol. The summed E-state index contributed by atoms with van der Waals surface area (Å²) in [4.78, 5) is 15.1. The summed E-state index contributed by atoms with van der Waals surface area (Å²) in [7, 11) is -3.45. The van der Waals surface area contributed by atoms with E-state index in [0.717, 1.165) is 32.2 Å². The van der Waals surface area contributed by atoms with Gasteiger partial charge < -0.3 is 10.2 Å². The van der Waals surface area contributed by atoms with Crippen molar-refractivity contribution in [3.05, 3.63) is 59.7 Å².